The van der Waals surface area contributed by atoms with E-state index in [9.17, 15) is 25.0 Å². The van der Waals surface area contributed by atoms with Crippen LogP contribution in [-0.2, 0) is 9.59 Å². The Morgan fingerprint density at radius 1 is 1.30 bits per heavy atom. The van der Waals surface area contributed by atoms with Crippen LogP contribution in [0.1, 0.15) is 46.1 Å². The zero-order chi connectivity index (χ0) is 22.5. The first kappa shape index (κ1) is 23.6. The lowest BCUT2D eigenvalue weighted by Crippen LogP contribution is -2.54. The number of nitrogens with one attached hydrogen (secondary N) is 1. The van der Waals surface area contributed by atoms with E-state index >= 15 is 0 Å². The average Bonchev–Trinajstić information content (AvgIpc) is 2.69. The van der Waals surface area contributed by atoms with E-state index < -0.39 is 29.6 Å². The Bertz CT molecular complexity index is 823. The maximum atomic E-state index is 12.0. The van der Waals surface area contributed by atoms with Crippen molar-refractivity contribution in [3.63, 3.8) is 0 Å². The minimum Gasteiger partial charge on any atom is -0.490 e. The van der Waals surface area contributed by atoms with Gasteiger partial charge in [0.1, 0.15) is 24.1 Å². The largest absolute Gasteiger partial charge is 0.490 e. The van der Waals surface area contributed by atoms with Gasteiger partial charge >= 0.3 is 0 Å². The van der Waals surface area contributed by atoms with Crippen molar-refractivity contribution in [2.24, 2.45) is 0 Å². The summed E-state index contributed by atoms with van der Waals surface area (Å²) in [5.41, 5.74) is 0.600. The van der Waals surface area contributed by atoms with Crippen molar-refractivity contribution < 1.29 is 29.7 Å². The van der Waals surface area contributed by atoms with Crippen molar-refractivity contribution in [2.45, 2.75) is 58.3 Å². The summed E-state index contributed by atoms with van der Waals surface area (Å²) in [6, 6.07) is 6.01. The van der Waals surface area contributed by atoms with Crippen LogP contribution in [0.25, 0.3) is 6.08 Å². The van der Waals surface area contributed by atoms with Gasteiger partial charge in [0.05, 0.1) is 11.7 Å². The molecule has 1 aliphatic rings. The number of allylic oxidation sites excluding steroid dienone is 1. The highest BCUT2D eigenvalue weighted by molar-refractivity contribution is 6.06. The lowest BCUT2D eigenvalue weighted by Gasteiger charge is -2.28. The second-order valence-corrected chi connectivity index (χ2v) is 8.01. The van der Waals surface area contributed by atoms with Crippen molar-refractivity contribution in [3.8, 4) is 5.75 Å². The van der Waals surface area contributed by atoms with Crippen molar-refractivity contribution in [3.05, 3.63) is 47.2 Å². The minimum absolute atomic E-state index is 0.000992. The lowest BCUT2D eigenvalue weighted by atomic mass is 9.96. The first-order chi connectivity index (χ1) is 14.0. The fraction of sp³-hybridized carbons (Fsp3) is 0.455. The van der Waals surface area contributed by atoms with Gasteiger partial charge in [-0.25, -0.2) is 5.06 Å². The van der Waals surface area contributed by atoms with E-state index in [0.717, 1.165) is 5.57 Å². The highest BCUT2D eigenvalue weighted by atomic mass is 16.5. The Kier molecular flexibility index (Phi) is 7.77. The van der Waals surface area contributed by atoms with E-state index in [1.54, 1.807) is 38.1 Å². The molecule has 4 N–H and O–H groups in total. The van der Waals surface area contributed by atoms with E-state index in [4.69, 9.17) is 4.74 Å². The number of carbonyl (C=O) groups is 2. The molecule has 0 spiro atoms. The number of benzene rings is 1. The molecule has 1 fully saturated rings. The molecule has 2 atom stereocenters. The molecule has 30 heavy (non-hydrogen) atoms. The third kappa shape index (κ3) is 6.41. The topological polar surface area (TPSA) is 119 Å². The highest BCUT2D eigenvalue weighted by Gasteiger charge is 2.33. The molecule has 0 radical (unpaired) electrons. The van der Waals surface area contributed by atoms with Crippen molar-refractivity contribution in [1.29, 1.82) is 0 Å². The van der Waals surface area contributed by atoms with Crippen molar-refractivity contribution in [2.75, 3.05) is 6.61 Å². The number of piperazine rings is 1. The maximum Gasteiger partial charge on any atom is 0.294 e. The smallest absolute Gasteiger partial charge is 0.294 e. The van der Waals surface area contributed by atoms with E-state index in [0.29, 0.717) is 35.8 Å². The first-order valence-electron chi connectivity index (χ1n) is 9.83. The van der Waals surface area contributed by atoms with Crippen LogP contribution in [0.2, 0.25) is 0 Å². The summed E-state index contributed by atoms with van der Waals surface area (Å²) in [7, 11) is 0. The van der Waals surface area contributed by atoms with Gasteiger partial charge in [-0.3, -0.25) is 14.8 Å². The van der Waals surface area contributed by atoms with Crippen LogP contribution in [-0.4, -0.2) is 56.7 Å². The molecule has 164 valence electrons. The Labute approximate surface area is 176 Å². The van der Waals surface area contributed by atoms with E-state index in [-0.39, 0.29) is 5.70 Å². The number of hydrogen-bond donors (Lipinski definition) is 4. The number of hydrogen-bond acceptors (Lipinski definition) is 6. The molecule has 2 rings (SSSR count). The molecule has 8 nitrogen and oxygen atoms in total. The molecule has 1 aromatic rings. The van der Waals surface area contributed by atoms with Gasteiger partial charge in [-0.1, -0.05) is 17.7 Å². The molecule has 8 heteroatoms. The van der Waals surface area contributed by atoms with Gasteiger partial charge in [-0.05, 0) is 70.4 Å². The molecule has 1 aromatic carbocycles. The normalized spacial score (nSPS) is 20.4. The number of carbonyl (C=O) groups excluding carboxylic acids is 2. The number of aliphatic hydroxyl groups excluding tert-OH is 1. The second kappa shape index (κ2) is 9.88. The van der Waals surface area contributed by atoms with Crippen LogP contribution in [0, 0.1) is 0 Å². The first-order valence-corrected chi connectivity index (χ1v) is 9.83. The summed E-state index contributed by atoms with van der Waals surface area (Å²) in [6.45, 7) is 6.89. The Hall–Kier alpha value is -2.68. The fourth-order valence-corrected chi connectivity index (χ4v) is 2.73. The number of aliphatic hydroxyl groups is 2. The van der Waals surface area contributed by atoms with Gasteiger partial charge in [0.25, 0.3) is 5.91 Å². The van der Waals surface area contributed by atoms with E-state index in [1.807, 2.05) is 13.0 Å². The van der Waals surface area contributed by atoms with Crippen LogP contribution in [0.3, 0.4) is 0 Å². The molecule has 0 bridgehead atoms. The van der Waals surface area contributed by atoms with Gasteiger partial charge in [0.2, 0.25) is 5.91 Å². The standard InChI is InChI=1S/C22H30N2O6/c1-14(5-10-19(25)22(3,4)28)11-12-30-17-8-6-16(7-9-17)13-18-21(27)24(29)15(2)20(26)23-18/h6-9,11,13,15,19,25,28-29H,5,10,12H2,1-4H3,(H,23,26)/b14-11+,18-13-/t15-,19-/m0/s1. The minimum atomic E-state index is -1.12. The highest BCUT2D eigenvalue weighted by Crippen LogP contribution is 2.18. The zero-order valence-electron chi connectivity index (χ0n) is 17.8. The molecule has 1 saturated heterocycles. The van der Waals surface area contributed by atoms with Gasteiger partial charge in [0.15, 0.2) is 0 Å². The molecule has 1 heterocycles. The summed E-state index contributed by atoms with van der Waals surface area (Å²) in [5, 5.41) is 32.2. The molecular weight excluding hydrogens is 388 g/mol. The van der Waals surface area contributed by atoms with Crippen LogP contribution >= 0.6 is 0 Å². The summed E-state index contributed by atoms with van der Waals surface area (Å²) >= 11 is 0. The number of hydroxylamine groups is 2. The third-order valence-electron chi connectivity index (χ3n) is 4.94. The van der Waals surface area contributed by atoms with Gasteiger partial charge in [-0.2, -0.15) is 0 Å². The third-order valence-corrected chi connectivity index (χ3v) is 4.94. The number of rotatable bonds is 8. The van der Waals surface area contributed by atoms with Crippen LogP contribution in [0.5, 0.6) is 5.75 Å². The summed E-state index contributed by atoms with van der Waals surface area (Å²) in [6.07, 6.45) is 3.73. The monoisotopic (exact) mass is 418 g/mol. The van der Waals surface area contributed by atoms with Crippen LogP contribution in [0.4, 0.5) is 0 Å². The summed E-state index contributed by atoms with van der Waals surface area (Å²) in [5.74, 6) is -0.493. The predicted molar refractivity (Wildman–Crippen MR) is 111 cm³/mol. The Balaban J connectivity index is 1.89. The van der Waals surface area contributed by atoms with Gasteiger partial charge in [-0.15, -0.1) is 0 Å². The molecular formula is C22H30N2O6. The van der Waals surface area contributed by atoms with E-state index in [1.165, 1.54) is 13.0 Å². The molecule has 0 aromatic heterocycles. The zero-order valence-corrected chi connectivity index (χ0v) is 17.8. The summed E-state index contributed by atoms with van der Waals surface area (Å²) < 4.78 is 5.67. The van der Waals surface area contributed by atoms with Crippen LogP contribution in [0.15, 0.2) is 41.6 Å². The van der Waals surface area contributed by atoms with Crippen molar-refractivity contribution in [1.82, 2.24) is 10.4 Å². The maximum absolute atomic E-state index is 12.0. The Morgan fingerprint density at radius 3 is 2.53 bits per heavy atom. The molecule has 0 unspecified atom stereocenters. The molecule has 0 aliphatic carbocycles. The fourth-order valence-electron chi connectivity index (χ4n) is 2.73. The quantitative estimate of drug-likeness (QED) is 0.291. The number of amides is 2. The second-order valence-electron chi connectivity index (χ2n) is 8.01. The number of ether oxygens (including phenoxy) is 1. The SMILES string of the molecule is C/C(=C\COc1ccc(/C=C2\NC(=O)[C@H](C)N(O)C2=O)cc1)CC[C@H](O)C(C)(C)O. The Morgan fingerprint density at radius 2 is 1.93 bits per heavy atom. The van der Waals surface area contributed by atoms with Crippen LogP contribution < -0.4 is 10.1 Å². The average molecular weight is 418 g/mol. The molecule has 1 aliphatic heterocycles. The van der Waals surface area contributed by atoms with Gasteiger partial charge in [0, 0.05) is 0 Å². The lowest BCUT2D eigenvalue weighted by molar-refractivity contribution is -0.178. The van der Waals surface area contributed by atoms with Crippen molar-refractivity contribution >= 4 is 17.9 Å². The summed E-state index contributed by atoms with van der Waals surface area (Å²) in [4.78, 5) is 23.8. The molecule has 0 saturated carbocycles. The number of nitrogens with zero attached hydrogens (tertiary/aromatic N) is 1. The van der Waals surface area contributed by atoms with E-state index in [2.05, 4.69) is 5.32 Å². The predicted octanol–water partition coefficient (Wildman–Crippen LogP) is 2.00. The van der Waals surface area contributed by atoms with Gasteiger partial charge < -0.3 is 20.3 Å². The molecule has 2 amide bonds.